The van der Waals surface area contributed by atoms with Gasteiger partial charge in [0.2, 0.25) is 0 Å². The van der Waals surface area contributed by atoms with Crippen molar-refractivity contribution in [2.24, 2.45) is 0 Å². The van der Waals surface area contributed by atoms with E-state index >= 15 is 0 Å². The number of hydrogen-bond acceptors (Lipinski definition) is 3. The molecular weight excluding hydrogens is 238 g/mol. The van der Waals surface area contributed by atoms with E-state index in [0.29, 0.717) is 6.04 Å². The van der Waals surface area contributed by atoms with Crippen molar-refractivity contribution in [3.63, 3.8) is 0 Å². The van der Waals surface area contributed by atoms with Crippen LogP contribution in [0.4, 0.5) is 0 Å². The van der Waals surface area contributed by atoms with E-state index < -0.39 is 0 Å². The molecule has 0 saturated carbocycles. The second kappa shape index (κ2) is 5.31. The first kappa shape index (κ1) is 12.6. The molecule has 0 bridgehead atoms. The van der Waals surface area contributed by atoms with Crippen LogP contribution in [0.1, 0.15) is 30.5 Å². The lowest BCUT2D eigenvalue weighted by molar-refractivity contribution is 0.0832. The van der Waals surface area contributed by atoms with Crippen molar-refractivity contribution in [3.05, 3.63) is 35.8 Å². The maximum absolute atomic E-state index is 9.46. The molecule has 1 fully saturated rings. The Hall–Kier alpha value is -1.39. The third kappa shape index (κ3) is 2.51. The molecule has 0 aromatic carbocycles. The molecule has 102 valence electrons. The van der Waals surface area contributed by atoms with Gasteiger partial charge >= 0.3 is 0 Å². The Kier molecular flexibility index (Phi) is 3.53. The Balaban J connectivity index is 1.82. The topological polar surface area (TPSA) is 40.8 Å². The van der Waals surface area contributed by atoms with E-state index in [1.165, 1.54) is 18.4 Å². The molecule has 0 radical (unpaired) electrons. The molecular formula is C15H21N3O. The van der Waals surface area contributed by atoms with E-state index in [0.717, 1.165) is 30.9 Å². The van der Waals surface area contributed by atoms with Gasteiger partial charge in [-0.3, -0.25) is 4.90 Å². The number of likely N-dealkylation sites (tertiary alicyclic amines) is 1. The first-order chi connectivity index (χ1) is 9.28. The minimum absolute atomic E-state index is 0.256. The van der Waals surface area contributed by atoms with Crippen molar-refractivity contribution in [2.45, 2.75) is 38.8 Å². The quantitative estimate of drug-likeness (QED) is 0.916. The number of rotatable bonds is 3. The molecule has 1 N–H and O–H groups in total. The Morgan fingerprint density at radius 2 is 2.32 bits per heavy atom. The molecule has 19 heavy (non-hydrogen) atoms. The van der Waals surface area contributed by atoms with Crippen LogP contribution in [0.5, 0.6) is 0 Å². The van der Waals surface area contributed by atoms with E-state index in [-0.39, 0.29) is 6.61 Å². The Bertz CT molecular complexity index is 564. The summed E-state index contributed by atoms with van der Waals surface area (Å²) in [7, 11) is 0. The van der Waals surface area contributed by atoms with Gasteiger partial charge in [0.25, 0.3) is 0 Å². The summed E-state index contributed by atoms with van der Waals surface area (Å²) < 4.78 is 2.09. The summed E-state index contributed by atoms with van der Waals surface area (Å²) in [5.41, 5.74) is 3.33. The Labute approximate surface area is 113 Å². The highest BCUT2D eigenvalue weighted by atomic mass is 16.3. The van der Waals surface area contributed by atoms with Gasteiger partial charge in [-0.15, -0.1) is 0 Å². The lowest BCUT2D eigenvalue weighted by Crippen LogP contribution is -2.41. The smallest absolute Gasteiger partial charge is 0.139 e. The Morgan fingerprint density at radius 3 is 3.11 bits per heavy atom. The standard InChI is InChI=1S/C15H21N3O/c1-12-5-4-8-18-10-13(16-15(12)18)9-17-7-3-2-6-14(17)11-19/h4-5,8,10,14,19H,2-3,6-7,9,11H2,1H3. The van der Waals surface area contributed by atoms with Gasteiger partial charge in [-0.2, -0.15) is 0 Å². The molecule has 0 amide bonds. The zero-order valence-corrected chi connectivity index (χ0v) is 11.4. The normalized spacial score (nSPS) is 21.1. The lowest BCUT2D eigenvalue weighted by Gasteiger charge is -2.33. The number of pyridine rings is 1. The number of nitrogens with zero attached hydrogens (tertiary/aromatic N) is 3. The van der Waals surface area contributed by atoms with Gasteiger partial charge in [-0.1, -0.05) is 12.5 Å². The van der Waals surface area contributed by atoms with Crippen LogP contribution >= 0.6 is 0 Å². The summed E-state index contributed by atoms with van der Waals surface area (Å²) in [5, 5.41) is 9.46. The van der Waals surface area contributed by atoms with Gasteiger partial charge in [0.05, 0.1) is 12.3 Å². The highest BCUT2D eigenvalue weighted by Crippen LogP contribution is 2.19. The molecule has 2 aromatic rings. The predicted molar refractivity (Wildman–Crippen MR) is 75.1 cm³/mol. The zero-order chi connectivity index (χ0) is 13.2. The molecule has 1 atom stereocenters. The molecule has 3 rings (SSSR count). The summed E-state index contributed by atoms with van der Waals surface area (Å²) in [5.74, 6) is 0. The molecule has 1 saturated heterocycles. The fourth-order valence-electron chi connectivity index (χ4n) is 2.96. The average molecular weight is 259 g/mol. The van der Waals surface area contributed by atoms with Gasteiger partial charge in [0.15, 0.2) is 0 Å². The number of imidazole rings is 1. The largest absolute Gasteiger partial charge is 0.395 e. The van der Waals surface area contributed by atoms with Crippen LogP contribution < -0.4 is 0 Å². The van der Waals surface area contributed by atoms with Gasteiger partial charge in [0, 0.05) is 25.0 Å². The van der Waals surface area contributed by atoms with Crippen molar-refractivity contribution in [3.8, 4) is 0 Å². The molecule has 2 aromatic heterocycles. The first-order valence-corrected chi connectivity index (χ1v) is 7.06. The molecule has 4 heteroatoms. The molecule has 1 aliphatic heterocycles. The molecule has 4 nitrogen and oxygen atoms in total. The maximum atomic E-state index is 9.46. The van der Waals surface area contributed by atoms with Crippen LogP contribution in [-0.4, -0.2) is 38.6 Å². The van der Waals surface area contributed by atoms with Crippen molar-refractivity contribution in [1.29, 1.82) is 0 Å². The monoisotopic (exact) mass is 259 g/mol. The molecule has 1 unspecified atom stereocenters. The highest BCUT2D eigenvalue weighted by Gasteiger charge is 2.22. The van der Waals surface area contributed by atoms with Crippen LogP contribution in [0.25, 0.3) is 5.65 Å². The summed E-state index contributed by atoms with van der Waals surface area (Å²) in [6.07, 6.45) is 7.70. The summed E-state index contributed by atoms with van der Waals surface area (Å²) in [6.45, 7) is 4.25. The van der Waals surface area contributed by atoms with E-state index in [1.54, 1.807) is 0 Å². The third-order valence-corrected chi connectivity index (χ3v) is 4.05. The minimum atomic E-state index is 0.256. The fourth-order valence-corrected chi connectivity index (χ4v) is 2.96. The van der Waals surface area contributed by atoms with Crippen LogP contribution in [0, 0.1) is 6.92 Å². The first-order valence-electron chi connectivity index (χ1n) is 7.06. The maximum Gasteiger partial charge on any atom is 0.139 e. The SMILES string of the molecule is Cc1cccn2cc(CN3CCCCC3CO)nc12. The van der Waals surface area contributed by atoms with Crippen LogP contribution in [-0.2, 0) is 6.54 Å². The number of aromatic nitrogens is 2. The molecule has 3 heterocycles. The van der Waals surface area contributed by atoms with Crippen molar-refractivity contribution < 1.29 is 5.11 Å². The van der Waals surface area contributed by atoms with E-state index in [4.69, 9.17) is 4.98 Å². The van der Waals surface area contributed by atoms with Crippen molar-refractivity contribution in [1.82, 2.24) is 14.3 Å². The second-order valence-corrected chi connectivity index (χ2v) is 5.46. The molecule has 1 aliphatic rings. The van der Waals surface area contributed by atoms with Crippen LogP contribution in [0.3, 0.4) is 0 Å². The Morgan fingerprint density at radius 1 is 1.42 bits per heavy atom. The van der Waals surface area contributed by atoms with Gasteiger partial charge in [-0.05, 0) is 37.9 Å². The number of fused-ring (bicyclic) bond motifs is 1. The van der Waals surface area contributed by atoms with Gasteiger partial charge < -0.3 is 9.51 Å². The summed E-state index contributed by atoms with van der Waals surface area (Å²) in [4.78, 5) is 7.08. The van der Waals surface area contributed by atoms with E-state index in [9.17, 15) is 5.11 Å². The van der Waals surface area contributed by atoms with Crippen LogP contribution in [0.2, 0.25) is 0 Å². The predicted octanol–water partition coefficient (Wildman–Crippen LogP) is 1.99. The number of aliphatic hydroxyl groups excluding tert-OH is 1. The number of hydrogen-bond donors (Lipinski definition) is 1. The fraction of sp³-hybridized carbons (Fsp3) is 0.533. The van der Waals surface area contributed by atoms with E-state index in [2.05, 4.69) is 28.5 Å². The average Bonchev–Trinajstić information content (AvgIpc) is 2.83. The second-order valence-electron chi connectivity index (χ2n) is 5.46. The van der Waals surface area contributed by atoms with E-state index in [1.807, 2.05) is 12.3 Å². The third-order valence-electron chi connectivity index (χ3n) is 4.05. The summed E-state index contributed by atoms with van der Waals surface area (Å²) in [6, 6.07) is 4.44. The number of piperidine rings is 1. The zero-order valence-electron chi connectivity index (χ0n) is 11.4. The van der Waals surface area contributed by atoms with Crippen molar-refractivity contribution in [2.75, 3.05) is 13.2 Å². The lowest BCUT2D eigenvalue weighted by atomic mass is 10.0. The van der Waals surface area contributed by atoms with Gasteiger partial charge in [0.1, 0.15) is 5.65 Å². The molecule has 0 aliphatic carbocycles. The van der Waals surface area contributed by atoms with Crippen LogP contribution in [0.15, 0.2) is 24.5 Å². The van der Waals surface area contributed by atoms with Crippen molar-refractivity contribution >= 4 is 5.65 Å². The van der Waals surface area contributed by atoms with Gasteiger partial charge in [-0.25, -0.2) is 4.98 Å². The minimum Gasteiger partial charge on any atom is -0.395 e. The molecule has 0 spiro atoms. The summed E-state index contributed by atoms with van der Waals surface area (Å²) >= 11 is 0. The number of aryl methyl sites for hydroxylation is 1. The number of aliphatic hydroxyl groups is 1. The highest BCUT2D eigenvalue weighted by molar-refractivity contribution is 5.47.